The number of hydrogen-bond donors (Lipinski definition) is 2. The Bertz CT molecular complexity index is 564. The number of carbonyl (C=O) groups is 1. The summed E-state index contributed by atoms with van der Waals surface area (Å²) in [6, 6.07) is 1.47. The maximum Gasteiger partial charge on any atom is 0.350 e. The highest BCUT2D eigenvalue weighted by Crippen LogP contribution is 2.24. The van der Waals surface area contributed by atoms with Crippen LogP contribution in [0, 0.1) is 0 Å². The summed E-state index contributed by atoms with van der Waals surface area (Å²) in [5, 5.41) is 0.549. The van der Waals surface area contributed by atoms with Crippen LogP contribution in [0.15, 0.2) is 11.4 Å². The Hall–Kier alpha value is -1.19. The molecule has 0 aromatic carbocycles. The zero-order chi connectivity index (χ0) is 13.9. The Morgan fingerprint density at radius 3 is 2.72 bits per heavy atom. The number of sulfonamides is 1. The summed E-state index contributed by atoms with van der Waals surface area (Å²) in [5.41, 5.74) is 5.46. The highest BCUT2D eigenvalue weighted by molar-refractivity contribution is 7.95. The van der Waals surface area contributed by atoms with Gasteiger partial charge < -0.3 is 10.5 Å². The average Bonchev–Trinajstić information content (AvgIpc) is 2.74. The van der Waals surface area contributed by atoms with Crippen LogP contribution >= 0.6 is 23.6 Å². The summed E-state index contributed by atoms with van der Waals surface area (Å²) in [7, 11) is -2.54. The van der Waals surface area contributed by atoms with E-state index in [1.807, 2.05) is 0 Å². The van der Waals surface area contributed by atoms with Crippen molar-refractivity contribution in [2.75, 3.05) is 11.8 Å². The van der Waals surface area contributed by atoms with Gasteiger partial charge in [-0.1, -0.05) is 12.2 Å². The number of esters is 1. The fourth-order valence-corrected chi connectivity index (χ4v) is 3.20. The number of thiophene rings is 1. The van der Waals surface area contributed by atoms with Crippen molar-refractivity contribution in [1.82, 2.24) is 0 Å². The van der Waals surface area contributed by atoms with Crippen LogP contribution in [0.5, 0.6) is 0 Å². The lowest BCUT2D eigenvalue weighted by molar-refractivity contribution is 0.0607. The van der Waals surface area contributed by atoms with Crippen molar-refractivity contribution in [1.29, 1.82) is 0 Å². The molecule has 1 atom stereocenters. The van der Waals surface area contributed by atoms with Crippen molar-refractivity contribution in [3.05, 3.63) is 16.3 Å². The molecule has 18 heavy (non-hydrogen) atoms. The average molecular weight is 308 g/mol. The maximum absolute atomic E-state index is 11.9. The van der Waals surface area contributed by atoms with Gasteiger partial charge in [0.1, 0.15) is 10.1 Å². The third kappa shape index (κ3) is 3.18. The van der Waals surface area contributed by atoms with Crippen LogP contribution in [-0.4, -0.2) is 31.7 Å². The number of hydrogen-bond acceptors (Lipinski definition) is 6. The molecule has 1 heterocycles. The fraction of sp³-hybridized carbons (Fsp3) is 0.333. The van der Waals surface area contributed by atoms with Gasteiger partial charge in [-0.15, -0.1) is 11.3 Å². The Morgan fingerprint density at radius 1 is 1.61 bits per heavy atom. The van der Waals surface area contributed by atoms with Gasteiger partial charge in [-0.2, -0.15) is 0 Å². The van der Waals surface area contributed by atoms with Crippen LogP contribution < -0.4 is 10.5 Å². The van der Waals surface area contributed by atoms with Gasteiger partial charge in [0.2, 0.25) is 10.0 Å². The molecule has 0 bridgehead atoms. The third-order valence-corrected chi connectivity index (χ3v) is 5.24. The monoisotopic (exact) mass is 308 g/mol. The molecule has 9 heteroatoms. The Kier molecular flexibility index (Phi) is 4.65. The topological polar surface area (TPSA) is 98.5 Å². The van der Waals surface area contributed by atoms with E-state index in [0.29, 0.717) is 0 Å². The first-order chi connectivity index (χ1) is 8.29. The molecule has 0 saturated heterocycles. The van der Waals surface area contributed by atoms with E-state index in [-0.39, 0.29) is 15.6 Å². The Labute approximate surface area is 114 Å². The number of ether oxygens (including phenoxy) is 1. The second-order valence-corrected chi connectivity index (χ2v) is 6.74. The highest BCUT2D eigenvalue weighted by atomic mass is 32.2. The predicted octanol–water partition coefficient (Wildman–Crippen LogP) is 0.951. The first kappa shape index (κ1) is 14.9. The molecule has 1 rings (SSSR count). The van der Waals surface area contributed by atoms with Gasteiger partial charge >= 0.3 is 5.97 Å². The van der Waals surface area contributed by atoms with E-state index in [1.165, 1.54) is 20.1 Å². The summed E-state index contributed by atoms with van der Waals surface area (Å²) in [4.78, 5) is 11.4. The van der Waals surface area contributed by atoms with E-state index >= 15 is 0 Å². The lowest BCUT2D eigenvalue weighted by Gasteiger charge is -2.13. The lowest BCUT2D eigenvalue weighted by atomic mass is 10.4. The molecule has 0 aliphatic rings. The van der Waals surface area contributed by atoms with E-state index in [0.717, 1.165) is 11.3 Å². The largest absolute Gasteiger partial charge is 0.465 e. The molecule has 1 aromatic rings. The van der Waals surface area contributed by atoms with Gasteiger partial charge in [-0.25, -0.2) is 13.2 Å². The van der Waals surface area contributed by atoms with Crippen molar-refractivity contribution in [3.8, 4) is 0 Å². The Morgan fingerprint density at radius 2 is 2.22 bits per heavy atom. The van der Waals surface area contributed by atoms with Crippen molar-refractivity contribution in [2.24, 2.45) is 5.73 Å². The smallest absolute Gasteiger partial charge is 0.350 e. The maximum atomic E-state index is 11.9. The molecule has 1 aromatic heterocycles. The second-order valence-electron chi connectivity index (χ2n) is 3.35. The second kappa shape index (κ2) is 5.63. The van der Waals surface area contributed by atoms with E-state index in [4.69, 9.17) is 5.73 Å². The van der Waals surface area contributed by atoms with Crippen LogP contribution in [0.25, 0.3) is 0 Å². The first-order valence-corrected chi connectivity index (χ1v) is 7.59. The van der Waals surface area contributed by atoms with E-state index < -0.39 is 21.2 Å². The predicted molar refractivity (Wildman–Crippen MR) is 74.4 cm³/mol. The molecule has 0 saturated carbocycles. The fourth-order valence-electron chi connectivity index (χ4n) is 1.03. The van der Waals surface area contributed by atoms with E-state index in [2.05, 4.69) is 21.7 Å². The summed E-state index contributed by atoms with van der Waals surface area (Å²) >= 11 is 5.72. The zero-order valence-corrected chi connectivity index (χ0v) is 12.1. The minimum absolute atomic E-state index is 0.141. The quantitative estimate of drug-likeness (QED) is 0.621. The van der Waals surface area contributed by atoms with Crippen LogP contribution in [0.1, 0.15) is 16.6 Å². The molecule has 0 aliphatic carbocycles. The minimum Gasteiger partial charge on any atom is -0.465 e. The van der Waals surface area contributed by atoms with Crippen LogP contribution in [-0.2, 0) is 14.8 Å². The van der Waals surface area contributed by atoms with Gasteiger partial charge in [0.15, 0.2) is 0 Å². The molecular formula is C9H12N2O4S3. The van der Waals surface area contributed by atoms with Crippen molar-refractivity contribution in [3.63, 3.8) is 0 Å². The lowest BCUT2D eigenvalue weighted by Crippen LogP contribution is -2.35. The summed E-state index contributed by atoms with van der Waals surface area (Å²) < 4.78 is 30.6. The zero-order valence-electron chi connectivity index (χ0n) is 9.67. The molecule has 0 radical (unpaired) electrons. The molecular weight excluding hydrogens is 296 g/mol. The van der Waals surface area contributed by atoms with Crippen LogP contribution in [0.3, 0.4) is 0 Å². The molecule has 0 aliphatic heterocycles. The summed E-state index contributed by atoms with van der Waals surface area (Å²) in [5.74, 6) is -0.606. The molecule has 0 amide bonds. The SMILES string of the molecule is COC(=O)c1sccc1NS(=O)(=O)C(C)C(N)=S. The van der Waals surface area contributed by atoms with Gasteiger partial charge in [-0.3, -0.25) is 4.72 Å². The van der Waals surface area contributed by atoms with Crippen molar-refractivity contribution >= 4 is 50.2 Å². The van der Waals surface area contributed by atoms with Gasteiger partial charge in [-0.05, 0) is 18.4 Å². The van der Waals surface area contributed by atoms with E-state index in [9.17, 15) is 13.2 Å². The molecule has 0 fully saturated rings. The number of rotatable bonds is 5. The number of nitrogens with two attached hydrogens (primary N) is 1. The first-order valence-electron chi connectivity index (χ1n) is 4.76. The minimum atomic E-state index is -3.76. The Balaban J connectivity index is 3.02. The number of methoxy groups -OCH3 is 1. The number of anilines is 1. The number of thiocarbonyl (C=S) groups is 1. The van der Waals surface area contributed by atoms with Gasteiger partial charge in [0.05, 0.1) is 17.8 Å². The van der Waals surface area contributed by atoms with Crippen LogP contribution in [0.2, 0.25) is 0 Å². The van der Waals surface area contributed by atoms with Gasteiger partial charge in [0, 0.05) is 0 Å². The molecule has 3 N–H and O–H groups in total. The standard InChI is InChI=1S/C9H12N2O4S3/c1-5(8(10)16)18(13,14)11-6-3-4-17-7(6)9(12)15-2/h3-5,11H,1-2H3,(H2,10,16). The molecule has 6 nitrogen and oxygen atoms in total. The van der Waals surface area contributed by atoms with Crippen molar-refractivity contribution < 1.29 is 17.9 Å². The van der Waals surface area contributed by atoms with Crippen molar-refractivity contribution in [2.45, 2.75) is 12.2 Å². The molecule has 100 valence electrons. The molecule has 0 spiro atoms. The van der Waals surface area contributed by atoms with Crippen LogP contribution in [0.4, 0.5) is 5.69 Å². The summed E-state index contributed by atoms with van der Waals surface area (Å²) in [6.45, 7) is 1.37. The van der Waals surface area contributed by atoms with E-state index in [1.54, 1.807) is 5.38 Å². The summed E-state index contributed by atoms with van der Waals surface area (Å²) in [6.07, 6.45) is 0. The highest BCUT2D eigenvalue weighted by Gasteiger charge is 2.25. The number of nitrogens with one attached hydrogen (secondary N) is 1. The number of carbonyl (C=O) groups excluding carboxylic acids is 1. The normalized spacial score (nSPS) is 12.8. The van der Waals surface area contributed by atoms with Gasteiger partial charge in [0.25, 0.3) is 0 Å². The molecule has 1 unspecified atom stereocenters. The third-order valence-electron chi connectivity index (χ3n) is 2.15.